The van der Waals surface area contributed by atoms with E-state index in [1.54, 1.807) is 7.11 Å². The number of amides is 1. The summed E-state index contributed by atoms with van der Waals surface area (Å²) in [5.74, 6) is 0.721. The zero-order chi connectivity index (χ0) is 12.7. The van der Waals surface area contributed by atoms with Crippen LogP contribution in [0, 0.1) is 5.92 Å². The van der Waals surface area contributed by atoms with E-state index in [1.165, 1.54) is 12.8 Å². The number of ether oxygens (including phenoxy) is 1. The van der Waals surface area contributed by atoms with Crippen LogP contribution in [0.3, 0.4) is 0 Å². The van der Waals surface area contributed by atoms with Gasteiger partial charge in [0.05, 0.1) is 6.04 Å². The maximum atomic E-state index is 11.8. The molecule has 0 saturated heterocycles. The number of carbonyl (C=O) groups is 1. The van der Waals surface area contributed by atoms with Crippen molar-refractivity contribution < 1.29 is 9.53 Å². The zero-order valence-corrected chi connectivity index (χ0v) is 11.1. The van der Waals surface area contributed by atoms with Gasteiger partial charge in [0.1, 0.15) is 0 Å². The molecule has 0 aliphatic heterocycles. The van der Waals surface area contributed by atoms with Crippen molar-refractivity contribution in [2.24, 2.45) is 11.7 Å². The average Bonchev–Trinajstić information content (AvgIpc) is 2.29. The van der Waals surface area contributed by atoms with E-state index in [4.69, 9.17) is 10.5 Å². The van der Waals surface area contributed by atoms with Crippen molar-refractivity contribution in [1.82, 2.24) is 5.32 Å². The van der Waals surface area contributed by atoms with Gasteiger partial charge in [-0.1, -0.05) is 19.8 Å². The summed E-state index contributed by atoms with van der Waals surface area (Å²) in [5.41, 5.74) is 5.84. The first kappa shape index (κ1) is 14.5. The molecule has 1 rings (SSSR count). The quantitative estimate of drug-likeness (QED) is 0.693. The van der Waals surface area contributed by atoms with Gasteiger partial charge in [0, 0.05) is 19.8 Å². The van der Waals surface area contributed by atoms with Crippen molar-refractivity contribution >= 4 is 5.91 Å². The van der Waals surface area contributed by atoms with E-state index in [1.807, 2.05) is 0 Å². The van der Waals surface area contributed by atoms with Gasteiger partial charge in [0.25, 0.3) is 0 Å². The summed E-state index contributed by atoms with van der Waals surface area (Å²) in [7, 11) is 1.66. The molecule has 3 unspecified atom stereocenters. The van der Waals surface area contributed by atoms with E-state index in [-0.39, 0.29) is 11.9 Å². The highest BCUT2D eigenvalue weighted by Gasteiger charge is 2.22. The Labute approximate surface area is 104 Å². The van der Waals surface area contributed by atoms with Crippen LogP contribution in [0.4, 0.5) is 0 Å². The summed E-state index contributed by atoms with van der Waals surface area (Å²) in [4.78, 5) is 11.8. The highest BCUT2D eigenvalue weighted by atomic mass is 16.5. The second-order valence-electron chi connectivity index (χ2n) is 5.22. The van der Waals surface area contributed by atoms with Gasteiger partial charge in [-0.05, 0) is 31.6 Å². The molecule has 4 nitrogen and oxygen atoms in total. The van der Waals surface area contributed by atoms with Gasteiger partial charge in [-0.2, -0.15) is 0 Å². The molecule has 17 heavy (non-hydrogen) atoms. The molecule has 1 fully saturated rings. The third-order valence-corrected chi connectivity index (χ3v) is 3.48. The van der Waals surface area contributed by atoms with Crippen LogP contribution >= 0.6 is 0 Å². The molecule has 4 heteroatoms. The third-order valence-electron chi connectivity index (χ3n) is 3.48. The Morgan fingerprint density at radius 2 is 2.29 bits per heavy atom. The SMILES string of the molecule is COCCCC(N)C(=O)NC1CCCC(C)C1. The third kappa shape index (κ3) is 5.50. The van der Waals surface area contributed by atoms with Crippen LogP contribution in [0.1, 0.15) is 45.4 Å². The lowest BCUT2D eigenvalue weighted by atomic mass is 9.87. The molecule has 1 saturated carbocycles. The smallest absolute Gasteiger partial charge is 0.237 e. The summed E-state index contributed by atoms with van der Waals surface area (Å²) in [5, 5.41) is 3.07. The maximum Gasteiger partial charge on any atom is 0.237 e. The number of hydrogen-bond acceptors (Lipinski definition) is 3. The lowest BCUT2D eigenvalue weighted by Gasteiger charge is -2.28. The van der Waals surface area contributed by atoms with Crippen LogP contribution < -0.4 is 11.1 Å². The lowest BCUT2D eigenvalue weighted by molar-refractivity contribution is -0.123. The van der Waals surface area contributed by atoms with Crippen LogP contribution in [0.2, 0.25) is 0 Å². The molecule has 0 bridgehead atoms. The molecule has 100 valence electrons. The van der Waals surface area contributed by atoms with E-state index in [0.29, 0.717) is 19.1 Å². The Morgan fingerprint density at radius 3 is 2.94 bits per heavy atom. The first-order valence-corrected chi connectivity index (χ1v) is 6.68. The minimum Gasteiger partial charge on any atom is -0.385 e. The molecule has 0 heterocycles. The number of methoxy groups -OCH3 is 1. The molecule has 3 N–H and O–H groups in total. The van der Waals surface area contributed by atoms with E-state index < -0.39 is 0 Å². The molecule has 3 atom stereocenters. The van der Waals surface area contributed by atoms with Gasteiger partial charge in [-0.15, -0.1) is 0 Å². The van der Waals surface area contributed by atoms with Crippen molar-refractivity contribution in [1.29, 1.82) is 0 Å². The fourth-order valence-corrected chi connectivity index (χ4v) is 2.45. The van der Waals surface area contributed by atoms with Gasteiger partial charge < -0.3 is 15.8 Å². The normalized spacial score (nSPS) is 26.5. The fourth-order valence-electron chi connectivity index (χ4n) is 2.45. The van der Waals surface area contributed by atoms with Crippen LogP contribution in [0.15, 0.2) is 0 Å². The molecule has 1 aliphatic carbocycles. The van der Waals surface area contributed by atoms with Crippen molar-refractivity contribution in [2.45, 2.75) is 57.5 Å². The summed E-state index contributed by atoms with van der Waals surface area (Å²) in [6.45, 7) is 2.91. The molecule has 0 aromatic carbocycles. The highest BCUT2D eigenvalue weighted by Crippen LogP contribution is 2.23. The minimum atomic E-state index is -0.387. The number of carbonyl (C=O) groups excluding carboxylic acids is 1. The molecule has 1 amide bonds. The molecule has 0 spiro atoms. The highest BCUT2D eigenvalue weighted by molar-refractivity contribution is 5.81. The molecular weight excluding hydrogens is 216 g/mol. The Bertz CT molecular complexity index is 233. The Balaban J connectivity index is 2.22. The summed E-state index contributed by atoms with van der Waals surface area (Å²) >= 11 is 0. The van der Waals surface area contributed by atoms with Gasteiger partial charge in [0.2, 0.25) is 5.91 Å². The fraction of sp³-hybridized carbons (Fsp3) is 0.923. The van der Waals surface area contributed by atoms with Crippen LogP contribution in [-0.2, 0) is 9.53 Å². The number of hydrogen-bond donors (Lipinski definition) is 2. The lowest BCUT2D eigenvalue weighted by Crippen LogP contribution is -2.46. The minimum absolute atomic E-state index is 0.000188. The van der Waals surface area contributed by atoms with Gasteiger partial charge >= 0.3 is 0 Å². The Morgan fingerprint density at radius 1 is 1.53 bits per heavy atom. The molecule has 0 aromatic heterocycles. The van der Waals surface area contributed by atoms with E-state index in [9.17, 15) is 4.79 Å². The van der Waals surface area contributed by atoms with Crippen molar-refractivity contribution in [3.63, 3.8) is 0 Å². The summed E-state index contributed by atoms with van der Waals surface area (Å²) in [6.07, 6.45) is 6.22. The first-order chi connectivity index (χ1) is 8.13. The standard InChI is InChI=1S/C13H26N2O2/c1-10-5-3-6-11(9-10)15-13(16)12(14)7-4-8-17-2/h10-12H,3-9,14H2,1-2H3,(H,15,16). The number of nitrogens with two attached hydrogens (primary N) is 1. The maximum absolute atomic E-state index is 11.8. The van der Waals surface area contributed by atoms with Crippen LogP contribution in [0.5, 0.6) is 0 Å². The monoisotopic (exact) mass is 242 g/mol. The molecule has 0 radical (unpaired) electrons. The second-order valence-corrected chi connectivity index (χ2v) is 5.22. The topological polar surface area (TPSA) is 64.3 Å². The van der Waals surface area contributed by atoms with Gasteiger partial charge in [-0.3, -0.25) is 4.79 Å². The van der Waals surface area contributed by atoms with Crippen LogP contribution in [0.25, 0.3) is 0 Å². The molecule has 1 aliphatic rings. The van der Waals surface area contributed by atoms with Crippen LogP contribution in [-0.4, -0.2) is 31.7 Å². The Hall–Kier alpha value is -0.610. The predicted molar refractivity (Wildman–Crippen MR) is 68.6 cm³/mol. The largest absolute Gasteiger partial charge is 0.385 e. The second kappa shape index (κ2) is 7.67. The van der Waals surface area contributed by atoms with Gasteiger partial charge in [0.15, 0.2) is 0 Å². The van der Waals surface area contributed by atoms with E-state index in [0.717, 1.165) is 25.2 Å². The summed E-state index contributed by atoms with van der Waals surface area (Å²) in [6, 6.07) is -0.0536. The average molecular weight is 242 g/mol. The number of nitrogens with one attached hydrogen (secondary N) is 1. The zero-order valence-electron chi connectivity index (χ0n) is 11.1. The van der Waals surface area contributed by atoms with Crippen molar-refractivity contribution in [2.75, 3.05) is 13.7 Å². The molecule has 0 aromatic rings. The number of rotatable bonds is 6. The Kier molecular flexibility index (Phi) is 6.52. The van der Waals surface area contributed by atoms with Gasteiger partial charge in [-0.25, -0.2) is 0 Å². The summed E-state index contributed by atoms with van der Waals surface area (Å²) < 4.78 is 4.95. The van der Waals surface area contributed by atoms with E-state index in [2.05, 4.69) is 12.2 Å². The van der Waals surface area contributed by atoms with E-state index >= 15 is 0 Å². The van der Waals surface area contributed by atoms with Crippen molar-refractivity contribution in [3.8, 4) is 0 Å². The molecular formula is C13H26N2O2. The van der Waals surface area contributed by atoms with Crippen molar-refractivity contribution in [3.05, 3.63) is 0 Å². The predicted octanol–water partition coefficient (Wildman–Crippen LogP) is 1.44. The first-order valence-electron chi connectivity index (χ1n) is 6.68.